The third-order valence-electron chi connectivity index (χ3n) is 1.67. The highest BCUT2D eigenvalue weighted by atomic mass is 19.3. The Morgan fingerprint density at radius 2 is 1.93 bits per heavy atom. The number of halogens is 2. The second kappa shape index (κ2) is 4.22. The summed E-state index contributed by atoms with van der Waals surface area (Å²) in [5.74, 6) is 0.169. The van der Waals surface area contributed by atoms with Gasteiger partial charge in [0.1, 0.15) is 5.75 Å². The Morgan fingerprint density at radius 3 is 2.43 bits per heavy atom. The predicted octanol–water partition coefficient (Wildman–Crippen LogP) is 3.54. The van der Waals surface area contributed by atoms with Crippen LogP contribution in [0.3, 0.4) is 0 Å². The lowest BCUT2D eigenvalue weighted by atomic mass is 10.2. The summed E-state index contributed by atoms with van der Waals surface area (Å²) in [6.45, 7) is 5.12. The van der Waals surface area contributed by atoms with Crippen LogP contribution in [0.4, 0.5) is 8.78 Å². The first-order chi connectivity index (χ1) is 6.53. The van der Waals surface area contributed by atoms with Crippen LogP contribution in [0, 0.1) is 6.92 Å². The lowest BCUT2D eigenvalue weighted by Crippen LogP contribution is -2.23. The van der Waals surface area contributed by atoms with E-state index in [1.165, 1.54) is 12.1 Å². The summed E-state index contributed by atoms with van der Waals surface area (Å²) in [6.07, 6.45) is -2.52. The highest BCUT2D eigenvalue weighted by Crippen LogP contribution is 2.24. The van der Waals surface area contributed by atoms with Crippen molar-refractivity contribution in [1.29, 1.82) is 0 Å². The van der Waals surface area contributed by atoms with Gasteiger partial charge in [0.05, 0.1) is 6.42 Å². The smallest absolute Gasteiger partial charge is 0.401 e. The third-order valence-corrected chi connectivity index (χ3v) is 1.67. The fourth-order valence-corrected chi connectivity index (χ4v) is 0.988. The van der Waals surface area contributed by atoms with Crippen molar-refractivity contribution >= 4 is 0 Å². The van der Waals surface area contributed by atoms with E-state index in [0.717, 1.165) is 11.6 Å². The molecule has 1 rings (SSSR count). The number of hydrogen-bond acceptors (Lipinski definition) is 1. The van der Waals surface area contributed by atoms with E-state index in [4.69, 9.17) is 0 Å². The monoisotopic (exact) mass is 198 g/mol. The van der Waals surface area contributed by atoms with Crippen LogP contribution in [0.25, 0.3) is 0 Å². The van der Waals surface area contributed by atoms with Crippen molar-refractivity contribution in [2.24, 2.45) is 0 Å². The molecule has 0 saturated carbocycles. The molecule has 0 aliphatic carbocycles. The molecule has 76 valence electrons. The maximum absolute atomic E-state index is 12.9. The standard InChI is InChI=1S/C11H12F2O/c1-3-8-11(12,13)14-10-6-4-9(2)5-7-10/h3-7H,1,8H2,2H3. The molecule has 0 bridgehead atoms. The number of ether oxygens (including phenoxy) is 1. The van der Waals surface area contributed by atoms with E-state index in [-0.39, 0.29) is 5.75 Å². The number of aryl methyl sites for hydroxylation is 1. The van der Waals surface area contributed by atoms with Crippen LogP contribution in [0.15, 0.2) is 36.9 Å². The molecule has 0 atom stereocenters. The first-order valence-corrected chi connectivity index (χ1v) is 4.28. The molecular formula is C11H12F2O. The van der Waals surface area contributed by atoms with Gasteiger partial charge in [-0.05, 0) is 19.1 Å². The lowest BCUT2D eigenvalue weighted by Gasteiger charge is -2.16. The van der Waals surface area contributed by atoms with Gasteiger partial charge in [0.15, 0.2) is 0 Å². The van der Waals surface area contributed by atoms with Gasteiger partial charge in [-0.3, -0.25) is 0 Å². The van der Waals surface area contributed by atoms with Crippen LogP contribution in [0.2, 0.25) is 0 Å². The SMILES string of the molecule is C=CCC(F)(F)Oc1ccc(C)cc1. The number of hydrogen-bond donors (Lipinski definition) is 0. The van der Waals surface area contributed by atoms with Gasteiger partial charge in [-0.2, -0.15) is 8.78 Å². The molecular weight excluding hydrogens is 186 g/mol. The summed E-state index contributed by atoms with van der Waals surface area (Å²) in [5.41, 5.74) is 1.00. The molecule has 0 spiro atoms. The van der Waals surface area contributed by atoms with E-state index in [1.807, 2.05) is 6.92 Å². The van der Waals surface area contributed by atoms with Gasteiger partial charge in [0.25, 0.3) is 0 Å². The molecule has 0 fully saturated rings. The van der Waals surface area contributed by atoms with Crippen molar-refractivity contribution in [3.05, 3.63) is 42.5 Å². The average molecular weight is 198 g/mol. The summed E-state index contributed by atoms with van der Waals surface area (Å²) in [5, 5.41) is 0. The maximum atomic E-state index is 12.9. The van der Waals surface area contributed by atoms with Crippen molar-refractivity contribution in [2.75, 3.05) is 0 Å². The van der Waals surface area contributed by atoms with Gasteiger partial charge in [-0.15, -0.1) is 6.58 Å². The fraction of sp³-hybridized carbons (Fsp3) is 0.273. The van der Waals surface area contributed by atoms with E-state index in [2.05, 4.69) is 11.3 Å². The molecule has 0 aliphatic heterocycles. The van der Waals surface area contributed by atoms with Crippen LogP contribution in [0.5, 0.6) is 5.75 Å². The quantitative estimate of drug-likeness (QED) is 0.672. The molecule has 0 amide bonds. The minimum atomic E-state index is -3.17. The van der Waals surface area contributed by atoms with Gasteiger partial charge in [-0.1, -0.05) is 23.8 Å². The molecule has 1 nitrogen and oxygen atoms in total. The first kappa shape index (κ1) is 10.7. The Bertz CT molecular complexity index is 304. The van der Waals surface area contributed by atoms with E-state index in [9.17, 15) is 8.78 Å². The number of rotatable bonds is 4. The Hall–Kier alpha value is -1.38. The fourth-order valence-electron chi connectivity index (χ4n) is 0.988. The largest absolute Gasteiger partial charge is 0.432 e. The van der Waals surface area contributed by atoms with Crippen LogP contribution < -0.4 is 4.74 Å². The molecule has 1 aromatic rings. The second-order valence-corrected chi connectivity index (χ2v) is 3.05. The maximum Gasteiger partial charge on any atom is 0.401 e. The van der Waals surface area contributed by atoms with Crippen molar-refractivity contribution in [3.8, 4) is 5.75 Å². The third kappa shape index (κ3) is 3.17. The lowest BCUT2D eigenvalue weighted by molar-refractivity contribution is -0.172. The zero-order valence-corrected chi connectivity index (χ0v) is 7.97. The minimum absolute atomic E-state index is 0.169. The van der Waals surface area contributed by atoms with Crippen molar-refractivity contribution in [1.82, 2.24) is 0 Å². The molecule has 0 aromatic heterocycles. The molecule has 14 heavy (non-hydrogen) atoms. The van der Waals surface area contributed by atoms with E-state index < -0.39 is 12.5 Å². The Morgan fingerprint density at radius 1 is 1.36 bits per heavy atom. The summed E-state index contributed by atoms with van der Waals surface area (Å²) in [4.78, 5) is 0. The normalized spacial score (nSPS) is 11.1. The van der Waals surface area contributed by atoms with Gasteiger partial charge in [-0.25, -0.2) is 0 Å². The molecule has 0 N–H and O–H groups in total. The Kier molecular flexibility index (Phi) is 3.23. The summed E-state index contributed by atoms with van der Waals surface area (Å²) in [6, 6.07) is 6.48. The van der Waals surface area contributed by atoms with E-state index >= 15 is 0 Å². The highest BCUT2D eigenvalue weighted by Gasteiger charge is 2.29. The Labute approximate surface area is 82.0 Å². The summed E-state index contributed by atoms with van der Waals surface area (Å²) in [7, 11) is 0. The predicted molar refractivity (Wildman–Crippen MR) is 51.6 cm³/mol. The van der Waals surface area contributed by atoms with Crippen molar-refractivity contribution < 1.29 is 13.5 Å². The summed E-state index contributed by atoms with van der Waals surface area (Å²) >= 11 is 0. The van der Waals surface area contributed by atoms with Gasteiger partial charge < -0.3 is 4.74 Å². The summed E-state index contributed by atoms with van der Waals surface area (Å²) < 4.78 is 30.3. The number of benzene rings is 1. The zero-order chi connectivity index (χ0) is 10.6. The van der Waals surface area contributed by atoms with E-state index in [0.29, 0.717) is 0 Å². The average Bonchev–Trinajstić information content (AvgIpc) is 2.08. The van der Waals surface area contributed by atoms with Crippen molar-refractivity contribution in [2.45, 2.75) is 19.5 Å². The molecule has 0 heterocycles. The first-order valence-electron chi connectivity index (χ1n) is 4.28. The minimum Gasteiger partial charge on any atom is -0.432 e. The molecule has 0 aliphatic rings. The molecule has 0 unspecified atom stereocenters. The van der Waals surface area contributed by atoms with Gasteiger partial charge >= 0.3 is 6.11 Å². The van der Waals surface area contributed by atoms with Crippen LogP contribution in [0.1, 0.15) is 12.0 Å². The zero-order valence-electron chi connectivity index (χ0n) is 7.97. The molecule has 0 saturated heterocycles. The van der Waals surface area contributed by atoms with Crippen LogP contribution >= 0.6 is 0 Å². The van der Waals surface area contributed by atoms with Gasteiger partial charge in [0, 0.05) is 0 Å². The van der Waals surface area contributed by atoms with Crippen LogP contribution in [-0.2, 0) is 0 Å². The van der Waals surface area contributed by atoms with Gasteiger partial charge in [0.2, 0.25) is 0 Å². The topological polar surface area (TPSA) is 9.23 Å². The number of alkyl halides is 2. The van der Waals surface area contributed by atoms with Crippen LogP contribution in [-0.4, -0.2) is 6.11 Å². The van der Waals surface area contributed by atoms with E-state index in [1.54, 1.807) is 12.1 Å². The molecule has 0 radical (unpaired) electrons. The molecule has 3 heteroatoms. The molecule has 1 aromatic carbocycles. The van der Waals surface area contributed by atoms with Crippen molar-refractivity contribution in [3.63, 3.8) is 0 Å². The Balaban J connectivity index is 2.68. The highest BCUT2D eigenvalue weighted by molar-refractivity contribution is 5.26. The second-order valence-electron chi connectivity index (χ2n) is 3.05.